The van der Waals surface area contributed by atoms with Gasteiger partial charge >= 0.3 is 20.7 Å². The lowest BCUT2D eigenvalue weighted by atomic mass is 10.2. The predicted octanol–water partition coefficient (Wildman–Crippen LogP) is 1.46. The van der Waals surface area contributed by atoms with Crippen LogP contribution in [0.15, 0.2) is 0 Å². The molecule has 0 rings (SSSR count). The monoisotopic (exact) mass is 379 g/mol. The minimum atomic E-state index is -2.73. The van der Waals surface area contributed by atoms with Gasteiger partial charge in [0.15, 0.2) is 0 Å². The molecule has 0 fully saturated rings. The van der Waals surface area contributed by atoms with Crippen molar-refractivity contribution < 1.29 is 32.3 Å². The van der Waals surface area contributed by atoms with Crippen LogP contribution in [0.5, 0.6) is 0 Å². The zero-order valence-electron chi connectivity index (χ0n) is 16.3. The Balaban J connectivity index is 4.83. The van der Waals surface area contributed by atoms with E-state index in [0.717, 1.165) is 12.8 Å². The number of nitrogens with zero attached hydrogens (tertiary/aromatic N) is 1. The summed E-state index contributed by atoms with van der Waals surface area (Å²) in [6, 6.07) is 0. The van der Waals surface area contributed by atoms with E-state index in [1.54, 1.807) is 21.3 Å². The summed E-state index contributed by atoms with van der Waals surface area (Å²) in [5.74, 6) is -0.547. The van der Waals surface area contributed by atoms with Crippen molar-refractivity contribution in [1.29, 1.82) is 0 Å². The summed E-state index contributed by atoms with van der Waals surface area (Å²) in [5.41, 5.74) is 0.131. The van der Waals surface area contributed by atoms with Crippen LogP contribution in [0.4, 0.5) is 0 Å². The molecular formula is C16H33NO7Si. The average molecular weight is 380 g/mol. The molecule has 0 aromatic carbocycles. The Hall–Kier alpha value is -1.00. The third-order valence-electron chi connectivity index (χ3n) is 4.36. The maximum Gasteiger partial charge on any atom is 0.503 e. The maximum absolute atomic E-state index is 11.4. The van der Waals surface area contributed by atoms with E-state index in [2.05, 4.69) is 11.8 Å². The molecule has 0 bridgehead atoms. The predicted molar refractivity (Wildman–Crippen MR) is 95.1 cm³/mol. The Morgan fingerprint density at radius 2 is 1.28 bits per heavy atom. The average Bonchev–Trinajstić information content (AvgIpc) is 2.65. The highest BCUT2D eigenvalue weighted by Crippen LogP contribution is 2.30. The van der Waals surface area contributed by atoms with E-state index in [1.807, 2.05) is 0 Å². The third-order valence-corrected chi connectivity index (χ3v) is 7.76. The number of hydrogen-bond donors (Lipinski definition) is 0. The van der Waals surface area contributed by atoms with Crippen LogP contribution in [0.2, 0.25) is 5.54 Å². The van der Waals surface area contributed by atoms with Crippen molar-refractivity contribution >= 4 is 20.7 Å². The number of carbonyl (C=O) groups excluding carboxylic acids is 2. The van der Waals surface area contributed by atoms with E-state index in [9.17, 15) is 9.59 Å². The van der Waals surface area contributed by atoms with E-state index in [0.29, 0.717) is 19.6 Å². The number of rotatable bonds is 14. The van der Waals surface area contributed by atoms with Crippen molar-refractivity contribution in [2.45, 2.75) is 38.1 Å². The molecule has 9 heteroatoms. The molecule has 148 valence electrons. The summed E-state index contributed by atoms with van der Waals surface area (Å²) >= 11 is 0. The fourth-order valence-electron chi connectivity index (χ4n) is 2.76. The van der Waals surface area contributed by atoms with E-state index < -0.39 is 8.80 Å². The Morgan fingerprint density at radius 1 is 0.840 bits per heavy atom. The fraction of sp³-hybridized carbons (Fsp3) is 0.875. The second kappa shape index (κ2) is 13.2. The summed E-state index contributed by atoms with van der Waals surface area (Å²) in [7, 11) is 4.82. The van der Waals surface area contributed by atoms with Crippen LogP contribution in [-0.2, 0) is 32.3 Å². The summed E-state index contributed by atoms with van der Waals surface area (Å²) in [4.78, 5) is 24.9. The molecule has 0 aromatic heterocycles. The van der Waals surface area contributed by atoms with Crippen molar-refractivity contribution in [2.24, 2.45) is 0 Å². The number of methoxy groups -OCH3 is 2. The Kier molecular flexibility index (Phi) is 12.7. The highest BCUT2D eigenvalue weighted by molar-refractivity contribution is 6.62. The van der Waals surface area contributed by atoms with Gasteiger partial charge in [-0.25, -0.2) is 0 Å². The number of esters is 2. The van der Waals surface area contributed by atoms with Crippen LogP contribution < -0.4 is 0 Å². The van der Waals surface area contributed by atoms with Crippen molar-refractivity contribution in [3.05, 3.63) is 0 Å². The van der Waals surface area contributed by atoms with Gasteiger partial charge in [0, 0.05) is 40.0 Å². The standard InChI is InChI=1S/C16H33NO7Si/c1-7-14(25(22-4,23-5)24-6)8-11-17(12-9-15(18)20-2)13-10-16(19)21-3/h14H,7-13H2,1-6H3. The normalized spacial score (nSPS) is 12.9. The van der Waals surface area contributed by atoms with Gasteiger partial charge in [-0.3, -0.25) is 9.59 Å². The van der Waals surface area contributed by atoms with Gasteiger partial charge < -0.3 is 27.7 Å². The summed E-state index contributed by atoms with van der Waals surface area (Å²) in [5, 5.41) is 0. The SMILES string of the molecule is CCC(CCN(CCC(=O)OC)CCC(=O)OC)[Si](OC)(OC)OC. The van der Waals surface area contributed by atoms with Crippen molar-refractivity contribution in [3.8, 4) is 0 Å². The summed E-state index contributed by atoms with van der Waals surface area (Å²) < 4.78 is 26.1. The molecular weight excluding hydrogens is 346 g/mol. The summed E-state index contributed by atoms with van der Waals surface area (Å²) in [6.45, 7) is 3.79. The molecule has 0 aliphatic heterocycles. The van der Waals surface area contributed by atoms with Crippen molar-refractivity contribution in [3.63, 3.8) is 0 Å². The lowest BCUT2D eigenvalue weighted by Gasteiger charge is -2.33. The van der Waals surface area contributed by atoms with Gasteiger partial charge in [-0.15, -0.1) is 0 Å². The molecule has 1 unspecified atom stereocenters. The van der Waals surface area contributed by atoms with E-state index in [1.165, 1.54) is 14.2 Å². The molecule has 25 heavy (non-hydrogen) atoms. The van der Waals surface area contributed by atoms with Crippen LogP contribution in [-0.4, -0.2) is 80.8 Å². The van der Waals surface area contributed by atoms with Gasteiger partial charge in [-0.1, -0.05) is 6.92 Å². The molecule has 0 saturated carbocycles. The zero-order chi connectivity index (χ0) is 19.3. The van der Waals surface area contributed by atoms with Crippen LogP contribution in [0.3, 0.4) is 0 Å². The first-order valence-electron chi connectivity index (χ1n) is 8.44. The minimum Gasteiger partial charge on any atom is -0.469 e. The topological polar surface area (TPSA) is 83.5 Å². The van der Waals surface area contributed by atoms with E-state index in [4.69, 9.17) is 22.8 Å². The molecule has 0 aromatic rings. The molecule has 0 N–H and O–H groups in total. The van der Waals surface area contributed by atoms with Crippen LogP contribution in [0.1, 0.15) is 32.6 Å². The first kappa shape index (κ1) is 24.0. The fourth-order valence-corrected chi connectivity index (χ4v) is 5.24. The summed E-state index contributed by atoms with van der Waals surface area (Å²) in [6.07, 6.45) is 2.18. The van der Waals surface area contributed by atoms with Gasteiger partial charge in [0.1, 0.15) is 0 Å². The molecule has 0 saturated heterocycles. The van der Waals surface area contributed by atoms with Crippen LogP contribution in [0, 0.1) is 0 Å². The Labute approximate surface area is 152 Å². The van der Waals surface area contributed by atoms with Crippen LogP contribution >= 0.6 is 0 Å². The highest BCUT2D eigenvalue weighted by Gasteiger charge is 2.45. The second-order valence-corrected chi connectivity index (χ2v) is 8.85. The zero-order valence-corrected chi connectivity index (χ0v) is 17.3. The van der Waals surface area contributed by atoms with E-state index in [-0.39, 0.29) is 30.3 Å². The van der Waals surface area contributed by atoms with E-state index >= 15 is 0 Å². The molecule has 1 atom stereocenters. The Bertz CT molecular complexity index is 362. The molecule has 0 radical (unpaired) electrons. The van der Waals surface area contributed by atoms with Gasteiger partial charge in [0.05, 0.1) is 27.1 Å². The molecule has 8 nitrogen and oxygen atoms in total. The van der Waals surface area contributed by atoms with Crippen LogP contribution in [0.25, 0.3) is 0 Å². The third kappa shape index (κ3) is 8.28. The quantitative estimate of drug-likeness (QED) is 0.331. The molecule has 0 aliphatic carbocycles. The van der Waals surface area contributed by atoms with Gasteiger partial charge in [-0.2, -0.15) is 0 Å². The van der Waals surface area contributed by atoms with Gasteiger partial charge in [-0.05, 0) is 19.4 Å². The van der Waals surface area contributed by atoms with Gasteiger partial charge in [0.25, 0.3) is 0 Å². The minimum absolute atomic E-state index is 0.131. The smallest absolute Gasteiger partial charge is 0.469 e. The maximum atomic E-state index is 11.4. The molecule has 0 aliphatic rings. The molecule has 0 heterocycles. The highest BCUT2D eigenvalue weighted by atomic mass is 28.4. The Morgan fingerprint density at radius 3 is 1.60 bits per heavy atom. The lowest BCUT2D eigenvalue weighted by molar-refractivity contribution is -0.141. The lowest BCUT2D eigenvalue weighted by Crippen LogP contribution is -2.48. The first-order chi connectivity index (χ1) is 11.9. The number of hydrogen-bond acceptors (Lipinski definition) is 8. The number of ether oxygens (including phenoxy) is 2. The second-order valence-electron chi connectivity index (χ2n) is 5.60. The number of carbonyl (C=O) groups is 2. The first-order valence-corrected chi connectivity index (χ1v) is 10.2. The van der Waals surface area contributed by atoms with Gasteiger partial charge in [0.2, 0.25) is 0 Å². The largest absolute Gasteiger partial charge is 0.503 e. The molecule has 0 spiro atoms. The van der Waals surface area contributed by atoms with Crippen molar-refractivity contribution in [1.82, 2.24) is 4.90 Å². The van der Waals surface area contributed by atoms with Crippen molar-refractivity contribution in [2.75, 3.05) is 55.2 Å². The molecule has 0 amide bonds.